The molecule has 3 heterocycles. The lowest BCUT2D eigenvalue weighted by Gasteiger charge is -2.21. The van der Waals surface area contributed by atoms with Crippen molar-refractivity contribution in [3.63, 3.8) is 0 Å². The summed E-state index contributed by atoms with van der Waals surface area (Å²) in [7, 11) is 0. The van der Waals surface area contributed by atoms with Crippen molar-refractivity contribution in [2.24, 2.45) is 0 Å². The van der Waals surface area contributed by atoms with Gasteiger partial charge in [0.2, 0.25) is 5.91 Å². The number of aromatic nitrogens is 4. The molecule has 0 saturated heterocycles. The number of anilines is 3. The van der Waals surface area contributed by atoms with Gasteiger partial charge in [0.15, 0.2) is 5.13 Å². The molecule has 0 bridgehead atoms. The molecule has 1 amide bonds. The van der Waals surface area contributed by atoms with Crippen LogP contribution in [-0.2, 0) is 11.3 Å². The number of fused-ring (bicyclic) bond motifs is 2. The van der Waals surface area contributed by atoms with E-state index in [0.717, 1.165) is 15.6 Å². The number of amides is 1. The fraction of sp³-hybridized carbons (Fsp3) is 0.0968. The number of carbonyl (C=O) groups is 1. The predicted octanol–water partition coefficient (Wildman–Crippen LogP) is 5.40. The quantitative estimate of drug-likeness (QED) is 0.210. The second kappa shape index (κ2) is 11.1. The summed E-state index contributed by atoms with van der Waals surface area (Å²) in [5.41, 5.74) is 8.75. The Kier molecular flexibility index (Phi) is 7.12. The SMILES string of the molecule is CC(=O)Nc1nc2ccc(C(=[N-])c3c(N)ncnc3NCc3cc4cccc(C)c4c(=O)n3-c3cccc(F)c3)cc2s1. The molecule has 0 radical (unpaired) electrons. The first-order valence-corrected chi connectivity index (χ1v) is 14.0. The third-order valence-electron chi connectivity index (χ3n) is 6.89. The fourth-order valence-electron chi connectivity index (χ4n) is 4.98. The van der Waals surface area contributed by atoms with E-state index in [1.807, 2.05) is 31.2 Å². The van der Waals surface area contributed by atoms with Crippen LogP contribution in [0.1, 0.15) is 29.3 Å². The number of benzene rings is 3. The largest absolute Gasteiger partial charge is 0.803 e. The van der Waals surface area contributed by atoms with Gasteiger partial charge in [0, 0.05) is 18.2 Å². The van der Waals surface area contributed by atoms with Crippen LogP contribution < -0.4 is 21.9 Å². The van der Waals surface area contributed by atoms with E-state index in [1.165, 1.54) is 41.3 Å². The number of thiazole rings is 1. The van der Waals surface area contributed by atoms with Crippen molar-refractivity contribution >= 4 is 60.7 Å². The van der Waals surface area contributed by atoms with Crippen LogP contribution in [0.2, 0.25) is 0 Å². The number of nitrogens with two attached hydrogens (primary N) is 1. The van der Waals surface area contributed by atoms with Gasteiger partial charge in [0.25, 0.3) is 5.56 Å². The van der Waals surface area contributed by atoms with E-state index in [2.05, 4.69) is 25.6 Å². The topological polar surface area (TPSA) is 150 Å². The molecule has 10 nitrogen and oxygen atoms in total. The molecule has 0 saturated carbocycles. The normalized spacial score (nSPS) is 11.1. The molecule has 0 atom stereocenters. The van der Waals surface area contributed by atoms with E-state index in [9.17, 15) is 19.4 Å². The van der Waals surface area contributed by atoms with Gasteiger partial charge in [-0.25, -0.2) is 19.3 Å². The Labute approximate surface area is 248 Å². The Hall–Kier alpha value is -5.49. The Morgan fingerprint density at radius 3 is 2.70 bits per heavy atom. The highest BCUT2D eigenvalue weighted by Gasteiger charge is 2.16. The van der Waals surface area contributed by atoms with E-state index in [0.29, 0.717) is 33.0 Å². The van der Waals surface area contributed by atoms with Crippen LogP contribution in [0, 0.1) is 12.7 Å². The maximum Gasteiger partial charge on any atom is 0.263 e. The van der Waals surface area contributed by atoms with E-state index < -0.39 is 5.82 Å². The van der Waals surface area contributed by atoms with Gasteiger partial charge in [0.05, 0.1) is 27.8 Å². The van der Waals surface area contributed by atoms with Gasteiger partial charge in [-0.15, -0.1) is 5.71 Å². The van der Waals surface area contributed by atoms with Crippen LogP contribution in [-0.4, -0.2) is 31.1 Å². The number of hydrogen-bond acceptors (Lipinski definition) is 8. The summed E-state index contributed by atoms with van der Waals surface area (Å²) in [5, 5.41) is 19.0. The molecule has 6 rings (SSSR count). The van der Waals surface area contributed by atoms with Crippen LogP contribution >= 0.6 is 11.3 Å². The zero-order chi connectivity index (χ0) is 30.2. The van der Waals surface area contributed by atoms with Crippen LogP contribution in [0.25, 0.3) is 32.1 Å². The minimum atomic E-state index is -0.472. The minimum Gasteiger partial charge on any atom is -0.803 e. The second-order valence-electron chi connectivity index (χ2n) is 9.86. The third kappa shape index (κ3) is 5.31. The van der Waals surface area contributed by atoms with Crippen molar-refractivity contribution in [3.05, 3.63) is 117 Å². The number of nitrogens with zero attached hydrogens (tertiary/aromatic N) is 5. The third-order valence-corrected chi connectivity index (χ3v) is 7.83. The van der Waals surface area contributed by atoms with Gasteiger partial charge in [-0.2, -0.15) is 0 Å². The monoisotopic (exact) mass is 591 g/mol. The number of nitrogen functional groups attached to an aromatic ring is 1. The molecule has 12 heteroatoms. The molecule has 3 aromatic carbocycles. The molecule has 0 fully saturated rings. The van der Waals surface area contributed by atoms with Crippen LogP contribution in [0.3, 0.4) is 0 Å². The Morgan fingerprint density at radius 1 is 1.09 bits per heavy atom. The molecular weight excluding hydrogens is 567 g/mol. The first kappa shape index (κ1) is 27.7. The van der Waals surface area contributed by atoms with Crippen molar-refractivity contribution in [1.29, 1.82) is 0 Å². The Morgan fingerprint density at radius 2 is 1.91 bits per heavy atom. The summed E-state index contributed by atoms with van der Waals surface area (Å²) in [6, 6.07) is 18.4. The van der Waals surface area contributed by atoms with Gasteiger partial charge in [0.1, 0.15) is 23.8 Å². The van der Waals surface area contributed by atoms with E-state index in [-0.39, 0.29) is 40.9 Å². The molecule has 0 spiro atoms. The maximum absolute atomic E-state index is 14.2. The number of rotatable bonds is 7. The molecule has 214 valence electrons. The van der Waals surface area contributed by atoms with Crippen molar-refractivity contribution in [2.75, 3.05) is 16.4 Å². The Bertz CT molecular complexity index is 2140. The molecular formula is C31H24FN8O2S-. The molecule has 0 aliphatic rings. The summed E-state index contributed by atoms with van der Waals surface area (Å²) in [6.45, 7) is 3.34. The number of hydrogen-bond donors (Lipinski definition) is 3. The second-order valence-corrected chi connectivity index (χ2v) is 10.9. The number of halogens is 1. The highest BCUT2D eigenvalue weighted by atomic mass is 32.1. The molecule has 6 aromatic rings. The van der Waals surface area contributed by atoms with Gasteiger partial charge >= 0.3 is 0 Å². The maximum atomic E-state index is 14.2. The lowest BCUT2D eigenvalue weighted by molar-refractivity contribution is -0.114. The lowest BCUT2D eigenvalue weighted by atomic mass is 10.0. The van der Waals surface area contributed by atoms with E-state index in [4.69, 9.17) is 5.73 Å². The highest BCUT2D eigenvalue weighted by molar-refractivity contribution is 7.22. The van der Waals surface area contributed by atoms with Crippen molar-refractivity contribution in [1.82, 2.24) is 19.5 Å². The number of aryl methyl sites for hydroxylation is 1. The minimum absolute atomic E-state index is 0.0370. The number of nitrogens with one attached hydrogen (secondary N) is 2. The number of pyridine rings is 1. The fourth-order valence-corrected chi connectivity index (χ4v) is 5.93. The van der Waals surface area contributed by atoms with Crippen molar-refractivity contribution in [3.8, 4) is 5.69 Å². The summed E-state index contributed by atoms with van der Waals surface area (Å²) in [5.74, 6) is -0.436. The summed E-state index contributed by atoms with van der Waals surface area (Å²) < 4.78 is 16.4. The van der Waals surface area contributed by atoms with Gasteiger partial charge in [-0.1, -0.05) is 41.7 Å². The first-order chi connectivity index (χ1) is 20.7. The molecule has 0 aliphatic heterocycles. The molecule has 4 N–H and O–H groups in total. The molecule has 3 aromatic heterocycles. The first-order valence-electron chi connectivity index (χ1n) is 13.2. The van der Waals surface area contributed by atoms with E-state index in [1.54, 1.807) is 30.3 Å². The van der Waals surface area contributed by atoms with Crippen molar-refractivity contribution in [2.45, 2.75) is 20.4 Å². The average molecular weight is 592 g/mol. The van der Waals surface area contributed by atoms with Gasteiger partial charge < -0.3 is 21.8 Å². The van der Waals surface area contributed by atoms with Gasteiger partial charge in [-0.05, 0) is 59.8 Å². The standard InChI is InChI=1S/C31H24FN8O2S/c1-16-5-3-6-18-11-22(40(30(42)25(16)18)21-8-4-7-20(32)13-21)14-35-29-26(28(34)36-15-37-29)27(33)19-9-10-23-24(12-19)43-31(39-23)38-17(2)41/h3-13,15H,14H2,1-2H3,(H,38,39,41)(H3,34,35,36,37)/q-1. The summed E-state index contributed by atoms with van der Waals surface area (Å²) in [6.07, 6.45) is 1.27. The van der Waals surface area contributed by atoms with Gasteiger partial charge in [-0.3, -0.25) is 14.2 Å². The van der Waals surface area contributed by atoms with Crippen LogP contribution in [0.5, 0.6) is 0 Å². The van der Waals surface area contributed by atoms with E-state index >= 15 is 0 Å². The zero-order valence-corrected chi connectivity index (χ0v) is 23.9. The van der Waals surface area contributed by atoms with Crippen molar-refractivity contribution < 1.29 is 9.18 Å². The highest BCUT2D eigenvalue weighted by Crippen LogP contribution is 2.30. The van der Waals surface area contributed by atoms with Crippen LogP contribution in [0.4, 0.5) is 21.2 Å². The summed E-state index contributed by atoms with van der Waals surface area (Å²) >= 11 is 1.27. The molecule has 0 aliphatic carbocycles. The number of carbonyl (C=O) groups excluding carboxylic acids is 1. The lowest BCUT2D eigenvalue weighted by Crippen LogP contribution is -2.24. The smallest absolute Gasteiger partial charge is 0.263 e. The molecule has 43 heavy (non-hydrogen) atoms. The molecule has 0 unspecified atom stereocenters. The predicted molar refractivity (Wildman–Crippen MR) is 169 cm³/mol. The van der Waals surface area contributed by atoms with Crippen LogP contribution in [0.15, 0.2) is 77.9 Å². The zero-order valence-electron chi connectivity index (χ0n) is 23.1. The summed E-state index contributed by atoms with van der Waals surface area (Å²) in [4.78, 5) is 38.0. The Balaban J connectivity index is 1.39. The average Bonchev–Trinajstić information content (AvgIpc) is 3.36.